The van der Waals surface area contributed by atoms with Crippen LogP contribution in [0.5, 0.6) is 0 Å². The lowest BCUT2D eigenvalue weighted by Gasteiger charge is -2.33. The second-order valence-corrected chi connectivity index (χ2v) is 4.99. The average Bonchev–Trinajstić information content (AvgIpc) is 2.68. The molecule has 0 amide bonds. The molecule has 2 aliphatic heterocycles. The van der Waals surface area contributed by atoms with Crippen LogP contribution >= 0.6 is 0 Å². The maximum atomic E-state index is 9.59. The Bertz CT molecular complexity index is 396. The summed E-state index contributed by atoms with van der Waals surface area (Å²) in [5.74, 6) is 0.962. The number of nitrogens with zero attached hydrogens (tertiary/aromatic N) is 2. The maximum Gasteiger partial charge on any atom is 0.129 e. The molecule has 3 heterocycles. The minimum Gasteiger partial charge on any atom is -0.389 e. The molecule has 0 aliphatic carbocycles. The van der Waals surface area contributed by atoms with Crippen molar-refractivity contribution in [3.63, 3.8) is 0 Å². The fourth-order valence-electron chi connectivity index (χ4n) is 2.67. The summed E-state index contributed by atoms with van der Waals surface area (Å²) < 4.78 is 5.81. The lowest BCUT2D eigenvalue weighted by atomic mass is 10.1. The zero-order valence-electron chi connectivity index (χ0n) is 10.0. The van der Waals surface area contributed by atoms with E-state index in [-0.39, 0.29) is 0 Å². The molecule has 2 unspecified atom stereocenters. The van der Waals surface area contributed by atoms with Gasteiger partial charge in [-0.3, -0.25) is 0 Å². The lowest BCUT2D eigenvalue weighted by Crippen LogP contribution is -2.43. The van der Waals surface area contributed by atoms with E-state index in [9.17, 15) is 5.11 Å². The van der Waals surface area contributed by atoms with Crippen molar-refractivity contribution in [2.24, 2.45) is 0 Å². The average molecular weight is 234 g/mol. The molecule has 3 rings (SSSR count). The Labute approximate surface area is 101 Å². The van der Waals surface area contributed by atoms with Crippen LogP contribution < -0.4 is 4.90 Å². The number of aliphatic hydroxyl groups is 1. The number of rotatable bonds is 2. The zero-order chi connectivity index (χ0) is 11.8. The van der Waals surface area contributed by atoms with E-state index in [1.54, 1.807) is 13.1 Å². The molecule has 2 aliphatic rings. The first-order chi connectivity index (χ1) is 8.22. The van der Waals surface area contributed by atoms with Crippen LogP contribution in [0.4, 0.5) is 5.82 Å². The molecule has 1 N–H and O–H groups in total. The van der Waals surface area contributed by atoms with Crippen molar-refractivity contribution in [1.29, 1.82) is 0 Å². The van der Waals surface area contributed by atoms with Crippen molar-refractivity contribution >= 4 is 5.82 Å². The Morgan fingerprint density at radius 3 is 2.76 bits per heavy atom. The molecular weight excluding hydrogens is 216 g/mol. The molecule has 1 aromatic rings. The van der Waals surface area contributed by atoms with Gasteiger partial charge in [-0.25, -0.2) is 4.98 Å². The topological polar surface area (TPSA) is 45.6 Å². The van der Waals surface area contributed by atoms with Crippen LogP contribution in [0.1, 0.15) is 31.4 Å². The smallest absolute Gasteiger partial charge is 0.129 e. The van der Waals surface area contributed by atoms with Crippen molar-refractivity contribution in [2.75, 3.05) is 18.0 Å². The van der Waals surface area contributed by atoms with Crippen molar-refractivity contribution in [1.82, 2.24) is 4.98 Å². The van der Waals surface area contributed by atoms with Gasteiger partial charge < -0.3 is 14.7 Å². The van der Waals surface area contributed by atoms with Crippen molar-refractivity contribution < 1.29 is 9.84 Å². The molecule has 0 aromatic carbocycles. The standard InChI is InChI=1S/C13H18N2O2/c1-9(16)10-4-5-14-13(6-10)15-7-11-2-3-12(8-15)17-11/h4-6,9,11-12,16H,2-3,7-8H2,1H3/t9-,11?,12?/m0/s1. The number of anilines is 1. The van der Waals surface area contributed by atoms with E-state index in [1.807, 2.05) is 12.1 Å². The Morgan fingerprint density at radius 1 is 1.41 bits per heavy atom. The SMILES string of the molecule is C[C@H](O)c1ccnc(N2CC3CCC(C2)O3)c1. The molecule has 1 aromatic heterocycles. The first-order valence-corrected chi connectivity index (χ1v) is 6.27. The third-order valence-corrected chi connectivity index (χ3v) is 3.62. The molecule has 17 heavy (non-hydrogen) atoms. The monoisotopic (exact) mass is 234 g/mol. The van der Waals surface area contributed by atoms with Gasteiger partial charge in [0.25, 0.3) is 0 Å². The number of aromatic nitrogens is 1. The van der Waals surface area contributed by atoms with E-state index in [0.29, 0.717) is 12.2 Å². The summed E-state index contributed by atoms with van der Waals surface area (Å²) in [6, 6.07) is 3.85. The molecule has 4 heteroatoms. The van der Waals surface area contributed by atoms with Crippen LogP contribution in [-0.4, -0.2) is 35.4 Å². The Hall–Kier alpha value is -1.13. The van der Waals surface area contributed by atoms with Crippen LogP contribution in [-0.2, 0) is 4.74 Å². The van der Waals surface area contributed by atoms with Crippen LogP contribution in [0.15, 0.2) is 18.3 Å². The fraction of sp³-hybridized carbons (Fsp3) is 0.615. The molecule has 4 nitrogen and oxygen atoms in total. The van der Waals surface area contributed by atoms with E-state index < -0.39 is 6.10 Å². The number of hydrogen-bond donors (Lipinski definition) is 1. The minimum atomic E-state index is -0.436. The number of morpholine rings is 1. The second-order valence-electron chi connectivity index (χ2n) is 4.99. The number of hydrogen-bond acceptors (Lipinski definition) is 4. The largest absolute Gasteiger partial charge is 0.389 e. The Morgan fingerprint density at radius 2 is 2.12 bits per heavy atom. The highest BCUT2D eigenvalue weighted by Crippen LogP contribution is 2.29. The molecule has 0 saturated carbocycles. The minimum absolute atomic E-state index is 0.366. The number of ether oxygens (including phenoxy) is 1. The van der Waals surface area contributed by atoms with Gasteiger partial charge in [0, 0.05) is 19.3 Å². The molecule has 92 valence electrons. The second kappa shape index (κ2) is 4.27. The molecule has 0 radical (unpaired) electrons. The third kappa shape index (κ3) is 2.15. The van der Waals surface area contributed by atoms with Crippen LogP contribution in [0, 0.1) is 0 Å². The van der Waals surface area contributed by atoms with Gasteiger partial charge >= 0.3 is 0 Å². The first-order valence-electron chi connectivity index (χ1n) is 6.27. The van der Waals surface area contributed by atoms with E-state index in [1.165, 1.54) is 0 Å². The van der Waals surface area contributed by atoms with Gasteiger partial charge in [0.2, 0.25) is 0 Å². The normalized spacial score (nSPS) is 29.4. The van der Waals surface area contributed by atoms with E-state index in [0.717, 1.165) is 37.3 Å². The summed E-state index contributed by atoms with van der Waals surface area (Å²) in [5.41, 5.74) is 0.925. The Kier molecular flexibility index (Phi) is 2.76. The van der Waals surface area contributed by atoms with Gasteiger partial charge in [-0.15, -0.1) is 0 Å². The van der Waals surface area contributed by atoms with Gasteiger partial charge in [-0.1, -0.05) is 0 Å². The van der Waals surface area contributed by atoms with Gasteiger partial charge in [0.05, 0.1) is 18.3 Å². The predicted molar refractivity (Wildman–Crippen MR) is 65.0 cm³/mol. The molecule has 2 fully saturated rings. The van der Waals surface area contributed by atoms with Crippen LogP contribution in [0.25, 0.3) is 0 Å². The predicted octanol–water partition coefficient (Wildman–Crippen LogP) is 1.50. The number of fused-ring (bicyclic) bond motifs is 2. The van der Waals surface area contributed by atoms with Gasteiger partial charge in [0.1, 0.15) is 5.82 Å². The molecule has 0 spiro atoms. The summed E-state index contributed by atoms with van der Waals surface area (Å²) in [5, 5.41) is 9.59. The molecule has 2 bridgehead atoms. The molecule has 3 atom stereocenters. The van der Waals surface area contributed by atoms with Gasteiger partial charge in [-0.05, 0) is 37.5 Å². The van der Waals surface area contributed by atoms with E-state index in [2.05, 4.69) is 9.88 Å². The molecular formula is C13H18N2O2. The third-order valence-electron chi connectivity index (χ3n) is 3.62. The van der Waals surface area contributed by atoms with Crippen molar-refractivity contribution in [2.45, 2.75) is 38.1 Å². The lowest BCUT2D eigenvalue weighted by molar-refractivity contribution is 0.0302. The summed E-state index contributed by atoms with van der Waals surface area (Å²) >= 11 is 0. The van der Waals surface area contributed by atoms with Gasteiger partial charge in [0.15, 0.2) is 0 Å². The van der Waals surface area contributed by atoms with Crippen LogP contribution in [0.2, 0.25) is 0 Å². The highest BCUT2D eigenvalue weighted by Gasteiger charge is 2.34. The zero-order valence-corrected chi connectivity index (χ0v) is 10.0. The van der Waals surface area contributed by atoms with Crippen molar-refractivity contribution in [3.8, 4) is 0 Å². The number of aliphatic hydroxyl groups excluding tert-OH is 1. The van der Waals surface area contributed by atoms with Crippen molar-refractivity contribution in [3.05, 3.63) is 23.9 Å². The maximum absolute atomic E-state index is 9.59. The first kappa shape index (κ1) is 11.0. The highest BCUT2D eigenvalue weighted by molar-refractivity contribution is 5.42. The summed E-state index contributed by atoms with van der Waals surface area (Å²) in [6.07, 6.45) is 4.40. The van der Waals surface area contributed by atoms with Gasteiger partial charge in [-0.2, -0.15) is 0 Å². The van der Waals surface area contributed by atoms with Crippen LogP contribution in [0.3, 0.4) is 0 Å². The highest BCUT2D eigenvalue weighted by atomic mass is 16.5. The fourth-order valence-corrected chi connectivity index (χ4v) is 2.67. The Balaban J connectivity index is 1.81. The summed E-state index contributed by atoms with van der Waals surface area (Å²) in [4.78, 5) is 6.68. The molecule has 2 saturated heterocycles. The quantitative estimate of drug-likeness (QED) is 0.842. The van der Waals surface area contributed by atoms with E-state index >= 15 is 0 Å². The summed E-state index contributed by atoms with van der Waals surface area (Å²) in [6.45, 7) is 3.63. The number of pyridine rings is 1. The summed E-state index contributed by atoms with van der Waals surface area (Å²) in [7, 11) is 0. The van der Waals surface area contributed by atoms with E-state index in [4.69, 9.17) is 4.74 Å².